The lowest BCUT2D eigenvalue weighted by atomic mass is 9.90. The van der Waals surface area contributed by atoms with E-state index in [1.807, 2.05) is 46.2 Å². The molecule has 0 radical (unpaired) electrons. The van der Waals surface area contributed by atoms with Gasteiger partial charge in [-0.15, -0.1) is 0 Å². The van der Waals surface area contributed by atoms with E-state index in [1.54, 1.807) is 0 Å². The average molecular weight is 468 g/mol. The maximum Gasteiger partial charge on any atom is 0.274 e. The van der Waals surface area contributed by atoms with Crippen LogP contribution in [0.25, 0.3) is 0 Å². The van der Waals surface area contributed by atoms with Crippen molar-refractivity contribution < 1.29 is 14.3 Å². The van der Waals surface area contributed by atoms with Crippen LogP contribution in [0.2, 0.25) is 0 Å². The summed E-state index contributed by atoms with van der Waals surface area (Å²) in [4.78, 5) is 32.5. The molecule has 3 heterocycles. The fourth-order valence-electron chi connectivity index (χ4n) is 4.61. The summed E-state index contributed by atoms with van der Waals surface area (Å²) in [7, 11) is 2.08. The maximum atomic E-state index is 13.3. The highest BCUT2D eigenvalue weighted by Gasteiger charge is 2.36. The summed E-state index contributed by atoms with van der Waals surface area (Å²) in [5, 5.41) is 7.29. The molecule has 2 fully saturated rings. The molecule has 0 bridgehead atoms. The van der Waals surface area contributed by atoms with Crippen molar-refractivity contribution in [2.75, 3.05) is 46.3 Å². The van der Waals surface area contributed by atoms with E-state index in [0.29, 0.717) is 31.6 Å². The van der Waals surface area contributed by atoms with Gasteiger partial charge in [-0.1, -0.05) is 39.0 Å². The third-order valence-corrected chi connectivity index (χ3v) is 6.88. The van der Waals surface area contributed by atoms with Crippen molar-refractivity contribution in [3.63, 3.8) is 0 Å². The molecule has 0 saturated carbocycles. The highest BCUT2D eigenvalue weighted by atomic mass is 16.5. The van der Waals surface area contributed by atoms with Gasteiger partial charge < -0.3 is 19.4 Å². The quantitative estimate of drug-likeness (QED) is 0.731. The number of piperidine rings is 1. The molecule has 2 atom stereocenters. The highest BCUT2D eigenvalue weighted by molar-refractivity contribution is 5.92. The number of hydrogen-bond donors (Lipinski definition) is 1. The number of H-pyrrole nitrogens is 1. The van der Waals surface area contributed by atoms with Crippen LogP contribution in [0.1, 0.15) is 49.8 Å². The lowest BCUT2D eigenvalue weighted by Crippen LogP contribution is -2.51. The van der Waals surface area contributed by atoms with Gasteiger partial charge in [0.1, 0.15) is 17.5 Å². The third kappa shape index (κ3) is 5.78. The number of likely N-dealkylation sites (N-methyl/N-ethyl adjacent to an activating group) is 1. The Bertz CT molecular complexity index is 976. The normalized spacial score (nSPS) is 22.0. The number of benzene rings is 1. The second-order valence-electron chi connectivity index (χ2n) is 10.6. The average Bonchev–Trinajstić information content (AvgIpc) is 3.32. The minimum Gasteiger partial charge on any atom is -0.490 e. The molecular weight excluding hydrogens is 430 g/mol. The largest absolute Gasteiger partial charge is 0.490 e. The first-order valence-corrected chi connectivity index (χ1v) is 12.2. The van der Waals surface area contributed by atoms with Gasteiger partial charge in [-0.3, -0.25) is 14.7 Å². The Kier molecular flexibility index (Phi) is 7.26. The number of amides is 2. The van der Waals surface area contributed by atoms with E-state index in [1.165, 1.54) is 0 Å². The number of nitrogens with one attached hydrogen (secondary N) is 1. The molecular formula is C26H37N5O3. The predicted octanol–water partition coefficient (Wildman–Crippen LogP) is 2.78. The van der Waals surface area contributed by atoms with Gasteiger partial charge in [0.05, 0.1) is 0 Å². The molecule has 4 rings (SSSR count). The number of nitrogens with zero attached hydrogens (tertiary/aromatic N) is 4. The lowest BCUT2D eigenvalue weighted by Gasteiger charge is -2.39. The van der Waals surface area contributed by atoms with E-state index in [2.05, 4.69) is 42.9 Å². The SMILES string of the molecule is CN1CCN(C(=O)C[C@H]2CN(C(=O)c3cc(C(C)(C)C)[nH]n3)CC[C@@H]2Oc2ccccc2)CC1. The summed E-state index contributed by atoms with van der Waals surface area (Å²) in [5.74, 6) is 0.767. The van der Waals surface area contributed by atoms with Gasteiger partial charge in [0.15, 0.2) is 0 Å². The molecule has 1 N–H and O–H groups in total. The molecule has 1 aromatic heterocycles. The van der Waals surface area contributed by atoms with Gasteiger partial charge in [0.25, 0.3) is 5.91 Å². The second-order valence-corrected chi connectivity index (χ2v) is 10.6. The van der Waals surface area contributed by atoms with Crippen LogP contribution in [0.4, 0.5) is 0 Å². The van der Waals surface area contributed by atoms with E-state index in [4.69, 9.17) is 4.74 Å². The summed E-state index contributed by atoms with van der Waals surface area (Å²) < 4.78 is 6.32. The van der Waals surface area contributed by atoms with Crippen molar-refractivity contribution in [1.29, 1.82) is 0 Å². The Morgan fingerprint density at radius 2 is 1.76 bits per heavy atom. The summed E-state index contributed by atoms with van der Waals surface area (Å²) in [6.07, 6.45) is 0.934. The number of carbonyl (C=O) groups excluding carboxylic acids is 2. The van der Waals surface area contributed by atoms with Crippen molar-refractivity contribution in [1.82, 2.24) is 24.9 Å². The molecule has 184 valence electrons. The van der Waals surface area contributed by atoms with Crippen molar-refractivity contribution in [2.24, 2.45) is 5.92 Å². The molecule has 0 spiro atoms. The Morgan fingerprint density at radius 3 is 2.41 bits per heavy atom. The number of para-hydroxylation sites is 1. The minimum atomic E-state index is -0.118. The number of carbonyl (C=O) groups is 2. The van der Waals surface area contributed by atoms with E-state index in [0.717, 1.165) is 37.6 Å². The molecule has 2 aromatic rings. The molecule has 2 aliphatic rings. The summed E-state index contributed by atoms with van der Waals surface area (Å²) in [6, 6.07) is 11.6. The van der Waals surface area contributed by atoms with Crippen LogP contribution >= 0.6 is 0 Å². The Labute approximate surface area is 202 Å². The predicted molar refractivity (Wildman–Crippen MR) is 131 cm³/mol. The van der Waals surface area contributed by atoms with Gasteiger partial charge in [-0.05, 0) is 25.2 Å². The van der Waals surface area contributed by atoms with Gasteiger partial charge in [-0.2, -0.15) is 5.10 Å². The van der Waals surface area contributed by atoms with Gasteiger partial charge in [0.2, 0.25) is 5.91 Å². The number of hydrogen-bond acceptors (Lipinski definition) is 5. The van der Waals surface area contributed by atoms with E-state index in [9.17, 15) is 9.59 Å². The highest BCUT2D eigenvalue weighted by Crippen LogP contribution is 2.28. The van der Waals surface area contributed by atoms with Crippen molar-refractivity contribution in [3.8, 4) is 5.75 Å². The topological polar surface area (TPSA) is 81.8 Å². The molecule has 2 amide bonds. The number of rotatable bonds is 5. The van der Waals surface area contributed by atoms with Gasteiger partial charge in [-0.25, -0.2) is 0 Å². The zero-order valence-corrected chi connectivity index (χ0v) is 20.8. The van der Waals surface area contributed by atoms with E-state index < -0.39 is 0 Å². The number of piperazine rings is 1. The molecule has 8 heteroatoms. The zero-order valence-electron chi connectivity index (χ0n) is 20.8. The van der Waals surface area contributed by atoms with Crippen LogP contribution in [-0.4, -0.2) is 89.1 Å². The smallest absolute Gasteiger partial charge is 0.274 e. The van der Waals surface area contributed by atoms with Crippen LogP contribution in [0, 0.1) is 5.92 Å². The zero-order chi connectivity index (χ0) is 24.3. The Balaban J connectivity index is 1.47. The standard InChI is InChI=1S/C26H37N5O3/c1-26(2,3)23-17-21(27-28-23)25(33)31-11-10-22(34-20-8-6-5-7-9-20)19(18-31)16-24(32)30-14-12-29(4)13-15-30/h5-9,17,19,22H,10-16,18H2,1-4H3,(H,27,28)/t19-,22-/m0/s1. The molecule has 34 heavy (non-hydrogen) atoms. The monoisotopic (exact) mass is 467 g/mol. The lowest BCUT2D eigenvalue weighted by molar-refractivity contribution is -0.135. The molecule has 8 nitrogen and oxygen atoms in total. The van der Waals surface area contributed by atoms with Crippen LogP contribution in [0.15, 0.2) is 36.4 Å². The minimum absolute atomic E-state index is 0.0777. The maximum absolute atomic E-state index is 13.3. The van der Waals surface area contributed by atoms with Gasteiger partial charge in [0, 0.05) is 69.1 Å². The Morgan fingerprint density at radius 1 is 1.06 bits per heavy atom. The summed E-state index contributed by atoms with van der Waals surface area (Å²) >= 11 is 0. The van der Waals surface area contributed by atoms with Crippen molar-refractivity contribution in [2.45, 2.75) is 45.1 Å². The molecule has 0 unspecified atom stereocenters. The molecule has 0 aliphatic carbocycles. The fraction of sp³-hybridized carbons (Fsp3) is 0.577. The number of likely N-dealkylation sites (tertiary alicyclic amines) is 1. The first kappa shape index (κ1) is 24.3. The van der Waals surface area contributed by atoms with Gasteiger partial charge >= 0.3 is 0 Å². The fourth-order valence-corrected chi connectivity index (χ4v) is 4.61. The summed E-state index contributed by atoms with van der Waals surface area (Å²) in [5.41, 5.74) is 1.25. The van der Waals surface area contributed by atoms with Crippen LogP contribution in [0.5, 0.6) is 5.75 Å². The number of aromatic amines is 1. The molecule has 2 saturated heterocycles. The van der Waals surface area contributed by atoms with Crippen LogP contribution in [0.3, 0.4) is 0 Å². The second kappa shape index (κ2) is 10.2. The van der Waals surface area contributed by atoms with Crippen LogP contribution in [-0.2, 0) is 10.2 Å². The van der Waals surface area contributed by atoms with E-state index in [-0.39, 0.29) is 29.3 Å². The third-order valence-electron chi connectivity index (χ3n) is 6.88. The van der Waals surface area contributed by atoms with E-state index >= 15 is 0 Å². The first-order valence-electron chi connectivity index (χ1n) is 12.2. The summed E-state index contributed by atoms with van der Waals surface area (Å²) in [6.45, 7) is 10.6. The van der Waals surface area contributed by atoms with Crippen molar-refractivity contribution in [3.05, 3.63) is 47.8 Å². The number of aromatic nitrogens is 2. The number of ether oxygens (including phenoxy) is 1. The molecule has 2 aliphatic heterocycles. The Hall–Kier alpha value is -2.87. The first-order chi connectivity index (χ1) is 16.2. The molecule has 1 aromatic carbocycles. The van der Waals surface area contributed by atoms with Crippen LogP contribution < -0.4 is 4.74 Å². The van der Waals surface area contributed by atoms with Crippen molar-refractivity contribution >= 4 is 11.8 Å².